The van der Waals surface area contributed by atoms with Gasteiger partial charge in [0.2, 0.25) is 0 Å². The Kier molecular flexibility index (Phi) is 7.82. The number of ether oxygens (including phenoxy) is 3. The molecule has 2 aromatic rings. The van der Waals surface area contributed by atoms with Gasteiger partial charge in [0.25, 0.3) is 0 Å². The molecule has 4 rings (SSSR count). The Hall–Kier alpha value is -3.54. The molecule has 0 saturated heterocycles. The number of methoxy groups -OCH3 is 1. The van der Waals surface area contributed by atoms with Crippen LogP contribution in [0.2, 0.25) is 0 Å². The molecule has 0 unspecified atom stereocenters. The number of Topliss-reactive ketones (excluding diaryl/α,β-unsaturated/α-hetero) is 1. The SMILES string of the molecule is CCOc1ccc([C@@H]2C(C(=O)O[C@@H](C)CC)=C(C)NC3=C2C(=O)C[C@@H](c2ccc(OC)cc2)C3)cc1. The van der Waals surface area contributed by atoms with Gasteiger partial charge in [-0.05, 0) is 74.9 Å². The van der Waals surface area contributed by atoms with E-state index in [1.165, 1.54) is 0 Å². The summed E-state index contributed by atoms with van der Waals surface area (Å²) in [5.74, 6) is 0.767. The van der Waals surface area contributed by atoms with Crippen LogP contribution in [0.1, 0.15) is 69.9 Å². The van der Waals surface area contributed by atoms with Gasteiger partial charge >= 0.3 is 5.97 Å². The summed E-state index contributed by atoms with van der Waals surface area (Å²) in [6.45, 7) is 8.25. The molecule has 0 fully saturated rings. The number of hydrogen-bond donors (Lipinski definition) is 1. The molecular weight excluding hydrogens is 454 g/mol. The molecule has 190 valence electrons. The maximum Gasteiger partial charge on any atom is 0.337 e. The van der Waals surface area contributed by atoms with E-state index in [0.717, 1.165) is 40.4 Å². The summed E-state index contributed by atoms with van der Waals surface area (Å²) in [4.78, 5) is 27.1. The van der Waals surface area contributed by atoms with Crippen LogP contribution in [-0.2, 0) is 14.3 Å². The van der Waals surface area contributed by atoms with E-state index in [0.29, 0.717) is 30.6 Å². The molecule has 1 heterocycles. The van der Waals surface area contributed by atoms with Crippen molar-refractivity contribution in [3.05, 3.63) is 82.2 Å². The number of benzene rings is 2. The fourth-order valence-electron chi connectivity index (χ4n) is 5.01. The summed E-state index contributed by atoms with van der Waals surface area (Å²) < 4.78 is 16.6. The van der Waals surface area contributed by atoms with Crippen molar-refractivity contribution < 1.29 is 23.8 Å². The Morgan fingerprint density at radius 3 is 2.25 bits per heavy atom. The molecule has 1 N–H and O–H groups in total. The van der Waals surface area contributed by atoms with Gasteiger partial charge in [-0.3, -0.25) is 4.79 Å². The Labute approximate surface area is 213 Å². The van der Waals surface area contributed by atoms with E-state index >= 15 is 0 Å². The van der Waals surface area contributed by atoms with Crippen molar-refractivity contribution >= 4 is 11.8 Å². The van der Waals surface area contributed by atoms with Gasteiger partial charge in [0, 0.05) is 29.3 Å². The highest BCUT2D eigenvalue weighted by atomic mass is 16.5. The van der Waals surface area contributed by atoms with Crippen LogP contribution in [0.25, 0.3) is 0 Å². The van der Waals surface area contributed by atoms with Crippen molar-refractivity contribution in [1.29, 1.82) is 0 Å². The first-order valence-corrected chi connectivity index (χ1v) is 12.7. The highest BCUT2D eigenvalue weighted by molar-refractivity contribution is 6.04. The van der Waals surface area contributed by atoms with Crippen molar-refractivity contribution in [2.24, 2.45) is 0 Å². The Morgan fingerprint density at radius 2 is 1.64 bits per heavy atom. The first-order valence-electron chi connectivity index (χ1n) is 12.7. The van der Waals surface area contributed by atoms with Crippen molar-refractivity contribution in [2.75, 3.05) is 13.7 Å². The minimum Gasteiger partial charge on any atom is -0.497 e. The van der Waals surface area contributed by atoms with Crippen LogP contribution in [0.5, 0.6) is 11.5 Å². The van der Waals surface area contributed by atoms with E-state index in [1.807, 2.05) is 76.2 Å². The number of hydrogen-bond acceptors (Lipinski definition) is 6. The summed E-state index contributed by atoms with van der Waals surface area (Å²) >= 11 is 0. The van der Waals surface area contributed by atoms with Gasteiger partial charge in [0.1, 0.15) is 11.5 Å². The van der Waals surface area contributed by atoms with Crippen LogP contribution in [0.3, 0.4) is 0 Å². The number of dihydropyridines is 1. The predicted molar refractivity (Wildman–Crippen MR) is 139 cm³/mol. The van der Waals surface area contributed by atoms with E-state index in [-0.39, 0.29) is 23.8 Å². The number of rotatable bonds is 8. The molecule has 0 saturated carbocycles. The lowest BCUT2D eigenvalue weighted by Gasteiger charge is -2.37. The zero-order valence-electron chi connectivity index (χ0n) is 21.7. The molecule has 6 heteroatoms. The number of carbonyl (C=O) groups excluding carboxylic acids is 2. The van der Waals surface area contributed by atoms with Crippen LogP contribution < -0.4 is 14.8 Å². The third-order valence-electron chi connectivity index (χ3n) is 7.04. The van der Waals surface area contributed by atoms with Crippen LogP contribution in [0.4, 0.5) is 0 Å². The van der Waals surface area contributed by atoms with Crippen molar-refractivity contribution in [3.63, 3.8) is 0 Å². The average molecular weight is 490 g/mol. The third kappa shape index (κ3) is 5.18. The largest absolute Gasteiger partial charge is 0.497 e. The molecular formula is C30H35NO5. The van der Waals surface area contributed by atoms with Crippen molar-refractivity contribution in [2.45, 2.75) is 64.9 Å². The van der Waals surface area contributed by atoms with E-state index in [9.17, 15) is 9.59 Å². The summed E-state index contributed by atoms with van der Waals surface area (Å²) in [6.07, 6.45) is 1.57. The first kappa shape index (κ1) is 25.5. The lowest BCUT2D eigenvalue weighted by Crippen LogP contribution is -2.36. The second-order valence-electron chi connectivity index (χ2n) is 9.42. The monoisotopic (exact) mass is 489 g/mol. The fourth-order valence-corrected chi connectivity index (χ4v) is 5.01. The number of carbonyl (C=O) groups is 2. The maximum absolute atomic E-state index is 13.7. The van der Waals surface area contributed by atoms with E-state index in [1.54, 1.807) is 7.11 Å². The van der Waals surface area contributed by atoms with Crippen molar-refractivity contribution in [1.82, 2.24) is 5.32 Å². The molecule has 3 atom stereocenters. The maximum atomic E-state index is 13.7. The second kappa shape index (κ2) is 11.0. The van der Waals surface area contributed by atoms with E-state index in [2.05, 4.69) is 5.32 Å². The van der Waals surface area contributed by atoms with Gasteiger partial charge in [-0.15, -0.1) is 0 Å². The lowest BCUT2D eigenvalue weighted by atomic mass is 9.71. The minimum absolute atomic E-state index is 0.0461. The Balaban J connectivity index is 1.74. The van der Waals surface area contributed by atoms with Gasteiger partial charge in [-0.1, -0.05) is 31.2 Å². The van der Waals surface area contributed by atoms with Crippen LogP contribution >= 0.6 is 0 Å². The highest BCUT2D eigenvalue weighted by Gasteiger charge is 2.41. The fraction of sp³-hybridized carbons (Fsp3) is 0.400. The molecule has 0 radical (unpaired) electrons. The number of esters is 1. The molecule has 0 amide bonds. The normalized spacial score (nSPS) is 20.4. The minimum atomic E-state index is -0.488. The van der Waals surface area contributed by atoms with Crippen LogP contribution in [-0.4, -0.2) is 31.6 Å². The lowest BCUT2D eigenvalue weighted by molar-refractivity contribution is -0.144. The molecule has 2 aromatic carbocycles. The summed E-state index contributed by atoms with van der Waals surface area (Å²) in [6, 6.07) is 15.6. The van der Waals surface area contributed by atoms with Crippen LogP contribution in [0.15, 0.2) is 71.1 Å². The molecule has 0 spiro atoms. The standard InChI is InChI=1S/C30H35NO5/c1-6-18(3)36-30(33)27-19(4)31-25-16-22(20-8-12-23(34-5)13-9-20)17-26(32)29(25)28(27)21-10-14-24(15-11-21)35-7-2/h8-15,18,22,28,31H,6-7,16-17H2,1-5H3/t18-,22-,28+/m0/s1. The molecule has 1 aliphatic carbocycles. The zero-order chi connectivity index (χ0) is 25.8. The second-order valence-corrected chi connectivity index (χ2v) is 9.42. The summed E-state index contributed by atoms with van der Waals surface area (Å²) in [5.41, 5.74) is 4.73. The van der Waals surface area contributed by atoms with E-state index < -0.39 is 5.92 Å². The van der Waals surface area contributed by atoms with Gasteiger partial charge in [-0.2, -0.15) is 0 Å². The van der Waals surface area contributed by atoms with Gasteiger partial charge in [-0.25, -0.2) is 4.79 Å². The first-order chi connectivity index (χ1) is 17.4. The third-order valence-corrected chi connectivity index (χ3v) is 7.04. The average Bonchev–Trinajstić information content (AvgIpc) is 2.88. The molecule has 6 nitrogen and oxygen atoms in total. The van der Waals surface area contributed by atoms with Crippen molar-refractivity contribution in [3.8, 4) is 11.5 Å². The molecule has 0 bridgehead atoms. The van der Waals surface area contributed by atoms with Crippen LogP contribution in [0, 0.1) is 0 Å². The van der Waals surface area contributed by atoms with Gasteiger partial charge in [0.05, 0.1) is 25.4 Å². The number of nitrogens with one attached hydrogen (secondary N) is 1. The topological polar surface area (TPSA) is 73.9 Å². The Morgan fingerprint density at radius 1 is 1.00 bits per heavy atom. The zero-order valence-corrected chi connectivity index (χ0v) is 21.7. The summed E-state index contributed by atoms with van der Waals surface area (Å²) in [7, 11) is 1.64. The quantitative estimate of drug-likeness (QED) is 0.473. The van der Waals surface area contributed by atoms with Gasteiger partial charge in [0.15, 0.2) is 5.78 Å². The number of allylic oxidation sites excluding steroid dienone is 3. The summed E-state index contributed by atoms with van der Waals surface area (Å²) in [5, 5.41) is 3.41. The van der Waals surface area contributed by atoms with E-state index in [4.69, 9.17) is 14.2 Å². The molecule has 2 aliphatic rings. The van der Waals surface area contributed by atoms with Gasteiger partial charge < -0.3 is 19.5 Å². The predicted octanol–water partition coefficient (Wildman–Crippen LogP) is 5.80. The molecule has 36 heavy (non-hydrogen) atoms. The molecule has 0 aromatic heterocycles. The highest BCUT2D eigenvalue weighted by Crippen LogP contribution is 2.46. The smallest absolute Gasteiger partial charge is 0.337 e. The number of ketones is 1. The molecule has 1 aliphatic heterocycles. The Bertz CT molecular complexity index is 1180.